The van der Waals surface area contributed by atoms with E-state index in [0.29, 0.717) is 0 Å². The van der Waals surface area contributed by atoms with Gasteiger partial charge in [-0.2, -0.15) is 0 Å². The van der Waals surface area contributed by atoms with Crippen LogP contribution in [0.25, 0.3) is 0 Å². The highest BCUT2D eigenvalue weighted by molar-refractivity contribution is 14.1. The molecule has 1 heterocycles. The van der Waals surface area contributed by atoms with Crippen molar-refractivity contribution in [3.63, 3.8) is 0 Å². The number of benzene rings is 1. The van der Waals surface area contributed by atoms with E-state index in [4.69, 9.17) is 16.0 Å². The molecule has 0 radical (unpaired) electrons. The molecule has 0 aliphatic rings. The molecule has 1 unspecified atom stereocenters. The van der Waals surface area contributed by atoms with Crippen LogP contribution in [0.1, 0.15) is 30.5 Å². The Kier molecular flexibility index (Phi) is 5.73. The fourth-order valence-electron chi connectivity index (χ4n) is 2.04. The van der Waals surface area contributed by atoms with E-state index in [0.717, 1.165) is 24.4 Å². The third kappa shape index (κ3) is 4.23. The SMILES string of the molecule is CCCNC(Cc1ccoc1)c1cc(Cl)ccc1I. The zero-order valence-electron chi connectivity index (χ0n) is 10.8. The van der Waals surface area contributed by atoms with Gasteiger partial charge in [0.25, 0.3) is 0 Å². The van der Waals surface area contributed by atoms with Crippen molar-refractivity contribution in [3.05, 3.63) is 56.5 Å². The Labute approximate surface area is 132 Å². The third-order valence-corrected chi connectivity index (χ3v) is 4.21. The molecule has 0 spiro atoms. The largest absolute Gasteiger partial charge is 0.472 e. The van der Waals surface area contributed by atoms with Gasteiger partial charge in [-0.15, -0.1) is 0 Å². The zero-order valence-corrected chi connectivity index (χ0v) is 13.7. The second-order valence-electron chi connectivity index (χ2n) is 4.51. The molecule has 0 amide bonds. The van der Waals surface area contributed by atoms with Gasteiger partial charge in [0.05, 0.1) is 12.5 Å². The van der Waals surface area contributed by atoms with Crippen LogP contribution in [-0.2, 0) is 6.42 Å². The first-order chi connectivity index (χ1) is 9.20. The van der Waals surface area contributed by atoms with Crippen LogP contribution >= 0.6 is 34.2 Å². The van der Waals surface area contributed by atoms with Crippen molar-refractivity contribution in [1.82, 2.24) is 5.32 Å². The third-order valence-electron chi connectivity index (χ3n) is 2.99. The summed E-state index contributed by atoms with van der Waals surface area (Å²) in [6.45, 7) is 3.16. The predicted octanol–water partition coefficient (Wildman–Crippen LogP) is 4.82. The van der Waals surface area contributed by atoms with Gasteiger partial charge in [-0.1, -0.05) is 18.5 Å². The molecule has 2 rings (SSSR count). The second-order valence-corrected chi connectivity index (χ2v) is 6.11. The lowest BCUT2D eigenvalue weighted by Crippen LogP contribution is -2.24. The van der Waals surface area contributed by atoms with E-state index < -0.39 is 0 Å². The fourth-order valence-corrected chi connectivity index (χ4v) is 2.93. The van der Waals surface area contributed by atoms with Crippen LogP contribution in [0.2, 0.25) is 5.02 Å². The van der Waals surface area contributed by atoms with Crippen molar-refractivity contribution in [2.45, 2.75) is 25.8 Å². The molecule has 0 aliphatic heterocycles. The Hall–Kier alpha value is -0.520. The number of rotatable bonds is 6. The van der Waals surface area contributed by atoms with E-state index in [1.54, 1.807) is 12.5 Å². The summed E-state index contributed by atoms with van der Waals surface area (Å²) in [5.41, 5.74) is 2.45. The number of halogens is 2. The highest BCUT2D eigenvalue weighted by Gasteiger charge is 2.15. The Morgan fingerprint density at radius 3 is 2.89 bits per heavy atom. The van der Waals surface area contributed by atoms with Crippen molar-refractivity contribution >= 4 is 34.2 Å². The molecule has 1 aromatic carbocycles. The molecule has 102 valence electrons. The molecular weight excluding hydrogens is 373 g/mol. The monoisotopic (exact) mass is 389 g/mol. The summed E-state index contributed by atoms with van der Waals surface area (Å²) in [5, 5.41) is 4.37. The summed E-state index contributed by atoms with van der Waals surface area (Å²) in [5.74, 6) is 0. The lowest BCUT2D eigenvalue weighted by atomic mass is 10.0. The molecule has 0 bridgehead atoms. The number of hydrogen-bond acceptors (Lipinski definition) is 2. The quantitative estimate of drug-likeness (QED) is 0.717. The Balaban J connectivity index is 2.23. The molecule has 1 atom stereocenters. The van der Waals surface area contributed by atoms with Crippen molar-refractivity contribution in [3.8, 4) is 0 Å². The first-order valence-corrected chi connectivity index (χ1v) is 7.85. The zero-order chi connectivity index (χ0) is 13.7. The van der Waals surface area contributed by atoms with Gasteiger partial charge in [0, 0.05) is 14.6 Å². The first kappa shape index (κ1) is 14.9. The van der Waals surface area contributed by atoms with Crippen LogP contribution in [0, 0.1) is 3.57 Å². The topological polar surface area (TPSA) is 25.2 Å². The van der Waals surface area contributed by atoms with Crippen molar-refractivity contribution < 1.29 is 4.42 Å². The van der Waals surface area contributed by atoms with Gasteiger partial charge in [-0.05, 0) is 77.4 Å². The minimum absolute atomic E-state index is 0.267. The van der Waals surface area contributed by atoms with E-state index in [9.17, 15) is 0 Å². The average molecular weight is 390 g/mol. The first-order valence-electron chi connectivity index (χ1n) is 6.40. The average Bonchev–Trinajstić information content (AvgIpc) is 2.90. The van der Waals surface area contributed by atoms with E-state index in [1.807, 2.05) is 12.1 Å². The molecule has 1 N–H and O–H groups in total. The van der Waals surface area contributed by atoms with Crippen LogP contribution < -0.4 is 5.32 Å². The molecule has 0 fully saturated rings. The van der Waals surface area contributed by atoms with Gasteiger partial charge in [-0.3, -0.25) is 0 Å². The van der Waals surface area contributed by atoms with Gasteiger partial charge in [0.2, 0.25) is 0 Å². The van der Waals surface area contributed by atoms with Crippen LogP contribution in [0.5, 0.6) is 0 Å². The summed E-state index contributed by atoms with van der Waals surface area (Å²) >= 11 is 8.49. The van der Waals surface area contributed by atoms with E-state index in [2.05, 4.69) is 47.0 Å². The van der Waals surface area contributed by atoms with E-state index in [-0.39, 0.29) is 6.04 Å². The summed E-state index contributed by atoms with van der Waals surface area (Å²) < 4.78 is 6.39. The van der Waals surface area contributed by atoms with Crippen molar-refractivity contribution in [1.29, 1.82) is 0 Å². The van der Waals surface area contributed by atoms with Crippen LogP contribution in [0.4, 0.5) is 0 Å². The van der Waals surface area contributed by atoms with E-state index >= 15 is 0 Å². The van der Waals surface area contributed by atoms with Gasteiger partial charge < -0.3 is 9.73 Å². The summed E-state index contributed by atoms with van der Waals surface area (Å²) in [4.78, 5) is 0. The lowest BCUT2D eigenvalue weighted by molar-refractivity contribution is 0.519. The molecule has 2 aromatic rings. The minimum Gasteiger partial charge on any atom is -0.472 e. The van der Waals surface area contributed by atoms with Gasteiger partial charge in [0.1, 0.15) is 0 Å². The standard InChI is InChI=1S/C15H17ClINO/c1-2-6-18-15(8-11-5-7-19-10-11)13-9-12(16)3-4-14(13)17/h3-5,7,9-10,15,18H,2,6,8H2,1H3. The lowest BCUT2D eigenvalue weighted by Gasteiger charge is -2.20. The smallest absolute Gasteiger partial charge is 0.0935 e. The molecule has 19 heavy (non-hydrogen) atoms. The normalized spacial score (nSPS) is 12.6. The predicted molar refractivity (Wildman–Crippen MR) is 87.6 cm³/mol. The maximum atomic E-state index is 6.13. The van der Waals surface area contributed by atoms with Crippen molar-refractivity contribution in [2.75, 3.05) is 6.54 Å². The fraction of sp³-hybridized carbons (Fsp3) is 0.333. The summed E-state index contributed by atoms with van der Waals surface area (Å²) in [7, 11) is 0. The van der Waals surface area contributed by atoms with Gasteiger partial charge in [0.15, 0.2) is 0 Å². The van der Waals surface area contributed by atoms with Crippen LogP contribution in [0.3, 0.4) is 0 Å². The van der Waals surface area contributed by atoms with Crippen LogP contribution in [0.15, 0.2) is 41.2 Å². The minimum atomic E-state index is 0.267. The molecule has 4 heteroatoms. The highest BCUT2D eigenvalue weighted by atomic mass is 127. The molecule has 2 nitrogen and oxygen atoms in total. The molecule has 0 saturated heterocycles. The summed E-state index contributed by atoms with van der Waals surface area (Å²) in [6.07, 6.45) is 5.54. The maximum absolute atomic E-state index is 6.13. The van der Waals surface area contributed by atoms with Gasteiger partial charge in [-0.25, -0.2) is 0 Å². The van der Waals surface area contributed by atoms with Crippen LogP contribution in [-0.4, -0.2) is 6.54 Å². The maximum Gasteiger partial charge on any atom is 0.0935 e. The molecule has 1 aromatic heterocycles. The van der Waals surface area contributed by atoms with Crippen molar-refractivity contribution in [2.24, 2.45) is 0 Å². The molecular formula is C15H17ClINO. The second kappa shape index (κ2) is 7.31. The summed E-state index contributed by atoms with van der Waals surface area (Å²) in [6, 6.07) is 8.33. The molecule has 0 saturated carbocycles. The number of nitrogens with one attached hydrogen (secondary N) is 1. The number of hydrogen-bond donors (Lipinski definition) is 1. The Morgan fingerprint density at radius 2 is 2.21 bits per heavy atom. The molecule has 0 aliphatic carbocycles. The van der Waals surface area contributed by atoms with Gasteiger partial charge >= 0.3 is 0 Å². The highest BCUT2D eigenvalue weighted by Crippen LogP contribution is 2.26. The van der Waals surface area contributed by atoms with E-state index in [1.165, 1.54) is 14.7 Å². The number of furan rings is 1. The Morgan fingerprint density at radius 1 is 1.37 bits per heavy atom. The Bertz CT molecular complexity index is 513.